The molecule has 2 heterocycles. The van der Waals surface area contributed by atoms with Crippen molar-refractivity contribution in [3.05, 3.63) is 23.9 Å². The maximum Gasteiger partial charge on any atom is 0.433 e. The number of hydrogen-bond acceptors (Lipinski definition) is 2. The normalized spacial score (nSPS) is 17.1. The molecule has 0 saturated carbocycles. The van der Waals surface area contributed by atoms with Crippen LogP contribution in [-0.2, 0) is 6.18 Å². The summed E-state index contributed by atoms with van der Waals surface area (Å²) in [6.45, 7) is 1.60. The fourth-order valence-electron chi connectivity index (χ4n) is 1.70. The highest BCUT2D eigenvalue weighted by atomic mass is 19.4. The van der Waals surface area contributed by atoms with Crippen molar-refractivity contribution < 1.29 is 13.2 Å². The van der Waals surface area contributed by atoms with Crippen molar-refractivity contribution in [1.29, 1.82) is 0 Å². The van der Waals surface area contributed by atoms with Gasteiger partial charge in [-0.1, -0.05) is 6.07 Å². The van der Waals surface area contributed by atoms with Crippen LogP contribution < -0.4 is 4.90 Å². The molecule has 1 aliphatic rings. The van der Waals surface area contributed by atoms with Crippen LogP contribution in [0.2, 0.25) is 0 Å². The van der Waals surface area contributed by atoms with Gasteiger partial charge in [0.25, 0.3) is 0 Å². The number of hydrogen-bond donors (Lipinski definition) is 0. The Bertz CT molecular complexity index is 343. The first-order chi connectivity index (χ1) is 7.07. The maximum absolute atomic E-state index is 12.4. The van der Waals surface area contributed by atoms with E-state index in [2.05, 4.69) is 4.98 Å². The zero-order valence-electron chi connectivity index (χ0n) is 8.09. The average Bonchev–Trinajstić information content (AvgIpc) is 2.69. The van der Waals surface area contributed by atoms with E-state index in [1.165, 1.54) is 6.07 Å². The molecule has 0 N–H and O–H groups in total. The van der Waals surface area contributed by atoms with Crippen molar-refractivity contribution in [2.45, 2.75) is 19.0 Å². The summed E-state index contributed by atoms with van der Waals surface area (Å²) in [6.07, 6.45) is -2.30. The minimum absolute atomic E-state index is 0.433. The van der Waals surface area contributed by atoms with E-state index >= 15 is 0 Å². The lowest BCUT2D eigenvalue weighted by molar-refractivity contribution is -0.141. The van der Waals surface area contributed by atoms with Gasteiger partial charge >= 0.3 is 6.18 Å². The number of aromatic nitrogens is 1. The molecule has 1 aromatic rings. The molecule has 1 aromatic heterocycles. The van der Waals surface area contributed by atoms with Gasteiger partial charge in [0, 0.05) is 13.1 Å². The largest absolute Gasteiger partial charge is 0.433 e. The van der Waals surface area contributed by atoms with Crippen molar-refractivity contribution in [2.75, 3.05) is 18.0 Å². The zero-order chi connectivity index (χ0) is 10.9. The molecular weight excluding hydrogens is 205 g/mol. The predicted octanol–water partition coefficient (Wildman–Crippen LogP) is 2.70. The molecule has 0 amide bonds. The molecule has 82 valence electrons. The van der Waals surface area contributed by atoms with Gasteiger partial charge in [-0.2, -0.15) is 13.2 Å². The standard InChI is InChI=1S/C10H11F3N2/c11-10(12,13)8-4-3-5-9(14-8)15-6-1-2-7-15/h3-5H,1-2,6-7H2. The fourth-order valence-corrected chi connectivity index (χ4v) is 1.70. The van der Waals surface area contributed by atoms with Gasteiger partial charge in [-0.25, -0.2) is 4.98 Å². The Kier molecular flexibility index (Phi) is 2.54. The lowest BCUT2D eigenvalue weighted by atomic mass is 10.3. The molecule has 0 atom stereocenters. The molecule has 2 rings (SSSR count). The van der Waals surface area contributed by atoms with Crippen LogP contribution in [0.5, 0.6) is 0 Å². The number of nitrogens with zero attached hydrogens (tertiary/aromatic N) is 2. The Labute approximate surface area is 85.7 Å². The van der Waals surface area contributed by atoms with E-state index in [1.54, 1.807) is 6.07 Å². The summed E-state index contributed by atoms with van der Waals surface area (Å²) in [7, 11) is 0. The van der Waals surface area contributed by atoms with Gasteiger partial charge < -0.3 is 4.90 Å². The summed E-state index contributed by atoms with van der Waals surface area (Å²) >= 11 is 0. The Morgan fingerprint density at radius 3 is 2.40 bits per heavy atom. The quantitative estimate of drug-likeness (QED) is 0.717. The molecule has 0 spiro atoms. The SMILES string of the molecule is FC(F)(F)c1cccc(N2CCCC2)n1. The number of rotatable bonds is 1. The van der Waals surface area contributed by atoms with Gasteiger partial charge in [0.05, 0.1) is 0 Å². The minimum atomic E-state index is -4.35. The van der Waals surface area contributed by atoms with Crippen LogP contribution in [0.4, 0.5) is 19.0 Å². The number of anilines is 1. The molecule has 2 nitrogen and oxygen atoms in total. The molecule has 0 bridgehead atoms. The van der Waals surface area contributed by atoms with Gasteiger partial charge in [0.2, 0.25) is 0 Å². The van der Waals surface area contributed by atoms with Crippen LogP contribution in [0.1, 0.15) is 18.5 Å². The highest BCUT2D eigenvalue weighted by molar-refractivity contribution is 5.40. The molecule has 0 unspecified atom stereocenters. The van der Waals surface area contributed by atoms with E-state index < -0.39 is 11.9 Å². The smallest absolute Gasteiger partial charge is 0.357 e. The summed E-state index contributed by atoms with van der Waals surface area (Å²) in [5.74, 6) is 0.433. The lowest BCUT2D eigenvalue weighted by Gasteiger charge is -2.17. The predicted molar refractivity (Wildman–Crippen MR) is 50.7 cm³/mol. The number of pyridine rings is 1. The molecule has 0 aromatic carbocycles. The van der Waals surface area contributed by atoms with Gasteiger partial charge in [-0.15, -0.1) is 0 Å². The Morgan fingerprint density at radius 1 is 1.13 bits per heavy atom. The summed E-state index contributed by atoms with van der Waals surface area (Å²) in [5, 5.41) is 0. The monoisotopic (exact) mass is 216 g/mol. The second kappa shape index (κ2) is 3.72. The average molecular weight is 216 g/mol. The van der Waals surface area contributed by atoms with Crippen LogP contribution >= 0.6 is 0 Å². The van der Waals surface area contributed by atoms with Gasteiger partial charge in [-0.3, -0.25) is 0 Å². The molecule has 15 heavy (non-hydrogen) atoms. The third-order valence-corrected chi connectivity index (χ3v) is 2.45. The summed E-state index contributed by atoms with van der Waals surface area (Å²) in [4.78, 5) is 5.51. The summed E-state index contributed by atoms with van der Waals surface area (Å²) < 4.78 is 37.1. The molecular formula is C10H11F3N2. The van der Waals surface area contributed by atoms with E-state index in [-0.39, 0.29) is 0 Å². The van der Waals surface area contributed by atoms with Gasteiger partial charge in [0.1, 0.15) is 11.5 Å². The Morgan fingerprint density at radius 2 is 1.80 bits per heavy atom. The van der Waals surface area contributed by atoms with Crippen LogP contribution in [0.15, 0.2) is 18.2 Å². The van der Waals surface area contributed by atoms with E-state index in [0.717, 1.165) is 32.0 Å². The van der Waals surface area contributed by atoms with Crippen molar-refractivity contribution >= 4 is 5.82 Å². The molecule has 1 aliphatic heterocycles. The van der Waals surface area contributed by atoms with Gasteiger partial charge in [-0.05, 0) is 25.0 Å². The topological polar surface area (TPSA) is 16.1 Å². The first kappa shape index (κ1) is 10.3. The van der Waals surface area contributed by atoms with Crippen LogP contribution in [0, 0.1) is 0 Å². The highest BCUT2D eigenvalue weighted by Gasteiger charge is 2.32. The van der Waals surface area contributed by atoms with E-state index in [0.29, 0.717) is 5.82 Å². The molecule has 1 fully saturated rings. The van der Waals surface area contributed by atoms with E-state index in [4.69, 9.17) is 0 Å². The van der Waals surface area contributed by atoms with Crippen LogP contribution in [0.25, 0.3) is 0 Å². The minimum Gasteiger partial charge on any atom is -0.357 e. The Balaban J connectivity index is 2.26. The summed E-state index contributed by atoms with van der Waals surface area (Å²) in [6, 6.07) is 4.03. The molecule has 5 heteroatoms. The highest BCUT2D eigenvalue weighted by Crippen LogP contribution is 2.29. The first-order valence-electron chi connectivity index (χ1n) is 4.86. The third-order valence-electron chi connectivity index (χ3n) is 2.45. The number of alkyl halides is 3. The first-order valence-corrected chi connectivity index (χ1v) is 4.86. The second-order valence-electron chi connectivity index (χ2n) is 3.57. The maximum atomic E-state index is 12.4. The molecule has 0 radical (unpaired) electrons. The van der Waals surface area contributed by atoms with Gasteiger partial charge in [0.15, 0.2) is 0 Å². The summed E-state index contributed by atoms with van der Waals surface area (Å²) in [5.41, 5.74) is -0.813. The zero-order valence-corrected chi connectivity index (χ0v) is 8.09. The van der Waals surface area contributed by atoms with Crippen LogP contribution in [0.3, 0.4) is 0 Å². The second-order valence-corrected chi connectivity index (χ2v) is 3.57. The molecule has 1 saturated heterocycles. The van der Waals surface area contributed by atoms with Crippen molar-refractivity contribution in [3.8, 4) is 0 Å². The third kappa shape index (κ3) is 2.22. The van der Waals surface area contributed by atoms with Crippen LogP contribution in [-0.4, -0.2) is 18.1 Å². The lowest BCUT2D eigenvalue weighted by Crippen LogP contribution is -2.20. The van der Waals surface area contributed by atoms with E-state index in [1.807, 2.05) is 4.90 Å². The number of halogens is 3. The fraction of sp³-hybridized carbons (Fsp3) is 0.500. The molecule has 0 aliphatic carbocycles. The van der Waals surface area contributed by atoms with Crippen molar-refractivity contribution in [1.82, 2.24) is 4.98 Å². The Hall–Kier alpha value is -1.26. The van der Waals surface area contributed by atoms with Crippen molar-refractivity contribution in [3.63, 3.8) is 0 Å². The van der Waals surface area contributed by atoms with Crippen molar-refractivity contribution in [2.24, 2.45) is 0 Å². The van der Waals surface area contributed by atoms with E-state index in [9.17, 15) is 13.2 Å².